The van der Waals surface area contributed by atoms with Crippen molar-refractivity contribution >= 4 is 80.2 Å². The molecule has 14 aromatic rings. The van der Waals surface area contributed by atoms with E-state index in [9.17, 15) is 0 Å². The average Bonchev–Trinajstić information content (AvgIpc) is 1.43. The van der Waals surface area contributed by atoms with Gasteiger partial charge in [-0.1, -0.05) is 217 Å². The van der Waals surface area contributed by atoms with Crippen LogP contribution < -0.4 is 5.46 Å². The predicted molar refractivity (Wildman–Crippen MR) is 379 cm³/mol. The second-order valence-corrected chi connectivity index (χ2v) is 25.5. The van der Waals surface area contributed by atoms with E-state index in [4.69, 9.17) is 42.7 Å². The van der Waals surface area contributed by atoms with Gasteiger partial charge in [-0.15, -0.1) is 0 Å². The molecule has 15 rings (SSSR count). The van der Waals surface area contributed by atoms with Gasteiger partial charge >= 0.3 is 7.12 Å². The molecule has 0 amide bonds. The zero-order chi connectivity index (χ0) is 63.6. The van der Waals surface area contributed by atoms with Gasteiger partial charge in [0.05, 0.1) is 34.6 Å². The van der Waals surface area contributed by atoms with Crippen LogP contribution >= 0.6 is 45.8 Å². The molecule has 1 saturated heterocycles. The Morgan fingerprint density at radius 2 is 0.783 bits per heavy atom. The van der Waals surface area contributed by atoms with Gasteiger partial charge in [0, 0.05) is 66.3 Å². The van der Waals surface area contributed by atoms with Gasteiger partial charge in [-0.3, -0.25) is 9.36 Å². The molecule has 8 aromatic carbocycles. The number of hydrogen-bond acceptors (Lipinski definition) is 8. The Kier molecular flexibility index (Phi) is 17.2. The molecule has 1 aliphatic rings. The van der Waals surface area contributed by atoms with Gasteiger partial charge in [0.15, 0.2) is 0 Å². The summed E-state index contributed by atoms with van der Waals surface area (Å²) in [5.74, 6) is 0. The third-order valence-corrected chi connectivity index (χ3v) is 18.7. The SMILES string of the molecule is CC1(C)OB(c2ccnc(Cl)c2)OC1(C)C.Cn1cc(-c2ccc3c(c2)c(-c2ccnc(Cl)c2)nn3C(c2ccccc2)(c2ccccc2)c2ccccc2)cn1.Cn1cc(-c2ccc3c(c2)c(I)nn3C(c2ccccc2)(c2ccccc2)c2ccccc2)cn1. The van der Waals surface area contributed by atoms with Crippen molar-refractivity contribution in [1.29, 1.82) is 0 Å². The molecule has 0 aliphatic carbocycles. The van der Waals surface area contributed by atoms with E-state index < -0.39 is 11.1 Å². The van der Waals surface area contributed by atoms with E-state index in [1.54, 1.807) is 18.5 Å². The van der Waals surface area contributed by atoms with Crippen molar-refractivity contribution in [2.45, 2.75) is 50.0 Å². The number of hydrogen-bond donors (Lipinski definition) is 0. The van der Waals surface area contributed by atoms with Crippen molar-refractivity contribution in [1.82, 2.24) is 49.1 Å². The van der Waals surface area contributed by atoms with E-state index in [0.29, 0.717) is 10.3 Å². The van der Waals surface area contributed by atoms with Gasteiger partial charge in [0.2, 0.25) is 0 Å². The molecule has 454 valence electrons. The Hall–Kier alpha value is -9.29. The molecule has 0 N–H and O–H groups in total. The molecule has 0 bridgehead atoms. The lowest BCUT2D eigenvalue weighted by molar-refractivity contribution is 0.00578. The van der Waals surface area contributed by atoms with Crippen LogP contribution in [0.4, 0.5) is 0 Å². The molecule has 6 aromatic heterocycles. The number of halogens is 3. The molecule has 12 nitrogen and oxygen atoms in total. The smallest absolute Gasteiger partial charge is 0.399 e. The molecule has 0 spiro atoms. The van der Waals surface area contributed by atoms with Crippen LogP contribution in [-0.4, -0.2) is 67.4 Å². The largest absolute Gasteiger partial charge is 0.494 e. The number of benzene rings is 8. The lowest BCUT2D eigenvalue weighted by Crippen LogP contribution is -2.41. The number of fused-ring (bicyclic) bond motifs is 2. The monoisotopic (exact) mass is 1360 g/mol. The Labute approximate surface area is 559 Å². The number of pyridine rings is 2. The van der Waals surface area contributed by atoms with Gasteiger partial charge in [-0.2, -0.15) is 20.4 Å². The highest BCUT2D eigenvalue weighted by Crippen LogP contribution is 2.47. The molecule has 0 atom stereocenters. The molecule has 0 saturated carbocycles. The highest BCUT2D eigenvalue weighted by Gasteiger charge is 2.52. The first-order valence-corrected chi connectivity index (χ1v) is 32.1. The second kappa shape index (κ2) is 25.8. The zero-order valence-electron chi connectivity index (χ0n) is 51.6. The third-order valence-electron chi connectivity index (χ3n) is 17.5. The maximum absolute atomic E-state index is 6.40. The lowest BCUT2D eigenvalue weighted by atomic mass is 9.77. The first-order valence-electron chi connectivity index (χ1n) is 30.3. The summed E-state index contributed by atoms with van der Waals surface area (Å²) < 4.78 is 20.8. The van der Waals surface area contributed by atoms with Crippen molar-refractivity contribution in [3.05, 3.63) is 327 Å². The molecule has 92 heavy (non-hydrogen) atoms. The zero-order valence-corrected chi connectivity index (χ0v) is 55.2. The fourth-order valence-electron chi connectivity index (χ4n) is 12.3. The van der Waals surface area contributed by atoms with E-state index in [2.05, 4.69) is 271 Å². The number of aryl methyl sites for hydroxylation is 2. The van der Waals surface area contributed by atoms with Gasteiger partial charge in [0.25, 0.3) is 0 Å². The third kappa shape index (κ3) is 11.7. The fourth-order valence-corrected chi connectivity index (χ4v) is 13.3. The van der Waals surface area contributed by atoms with Crippen LogP contribution in [0.15, 0.2) is 280 Å². The van der Waals surface area contributed by atoms with E-state index in [-0.39, 0.29) is 18.3 Å². The van der Waals surface area contributed by atoms with E-state index in [1.165, 1.54) is 0 Å². The molecular weight excluding hydrogens is 1290 g/mol. The summed E-state index contributed by atoms with van der Waals surface area (Å²) in [5.41, 5.74) is 13.8. The van der Waals surface area contributed by atoms with Crippen LogP contribution in [0.25, 0.3) is 55.3 Å². The first-order chi connectivity index (χ1) is 44.6. The lowest BCUT2D eigenvalue weighted by Gasteiger charge is -2.37. The molecule has 7 heterocycles. The number of rotatable bonds is 12. The van der Waals surface area contributed by atoms with Gasteiger partial charge in [-0.25, -0.2) is 19.3 Å². The minimum Gasteiger partial charge on any atom is -0.399 e. The van der Waals surface area contributed by atoms with Crippen molar-refractivity contribution in [2.24, 2.45) is 14.1 Å². The molecular formula is C76H64BCl2IN10O2. The molecule has 16 heteroatoms. The van der Waals surface area contributed by atoms with Crippen molar-refractivity contribution in [2.75, 3.05) is 0 Å². The summed E-state index contributed by atoms with van der Waals surface area (Å²) in [7, 11) is 3.50. The van der Waals surface area contributed by atoms with Crippen LogP contribution in [0.3, 0.4) is 0 Å². The topological polar surface area (TPSA) is 116 Å². The summed E-state index contributed by atoms with van der Waals surface area (Å²) in [5, 5.41) is 22.4. The highest BCUT2D eigenvalue weighted by atomic mass is 127. The van der Waals surface area contributed by atoms with Crippen LogP contribution in [0, 0.1) is 3.70 Å². The second-order valence-electron chi connectivity index (χ2n) is 23.7. The van der Waals surface area contributed by atoms with Crippen LogP contribution in [-0.2, 0) is 34.5 Å². The minimum atomic E-state index is -0.757. The maximum Gasteiger partial charge on any atom is 0.494 e. The molecule has 1 fully saturated rings. The maximum atomic E-state index is 6.40. The number of nitrogens with zero attached hydrogens (tertiary/aromatic N) is 10. The summed E-state index contributed by atoms with van der Waals surface area (Å²) in [6, 6.07) is 84.3. The fraction of sp³-hybridized carbons (Fsp3) is 0.132. The van der Waals surface area contributed by atoms with Crippen LogP contribution in [0.1, 0.15) is 61.1 Å². The van der Waals surface area contributed by atoms with Crippen molar-refractivity contribution in [3.63, 3.8) is 0 Å². The summed E-state index contributed by atoms with van der Waals surface area (Å²) in [6.45, 7) is 8.09. The highest BCUT2D eigenvalue weighted by molar-refractivity contribution is 14.1. The van der Waals surface area contributed by atoms with Gasteiger partial charge in [0.1, 0.15) is 30.8 Å². The van der Waals surface area contributed by atoms with E-state index in [1.807, 2.05) is 94.1 Å². The predicted octanol–water partition coefficient (Wildman–Crippen LogP) is 16.9. The Bertz CT molecular complexity index is 4640. The molecule has 0 unspecified atom stereocenters. The Morgan fingerprint density at radius 3 is 1.16 bits per heavy atom. The van der Waals surface area contributed by atoms with Crippen molar-refractivity contribution < 1.29 is 9.31 Å². The summed E-state index contributed by atoms with van der Waals surface area (Å²) in [4.78, 5) is 8.17. The summed E-state index contributed by atoms with van der Waals surface area (Å²) >= 11 is 14.6. The van der Waals surface area contributed by atoms with Crippen molar-refractivity contribution in [3.8, 4) is 33.5 Å². The van der Waals surface area contributed by atoms with Gasteiger partial charge < -0.3 is 9.31 Å². The normalized spacial score (nSPS) is 13.6. The number of aromatic nitrogens is 10. The first kappa shape index (κ1) is 61.6. The Morgan fingerprint density at radius 1 is 0.413 bits per heavy atom. The average molecular weight is 1360 g/mol. The standard InChI is InChI=1S/C35H26ClN5.C30H23IN4.C11H15BClNO2/c1-40-24-27(23-38-40)25-17-18-32-31(21-25)34(26-19-20-37-33(36)22-26)39-41(32)35(28-11-5-2-6-12-28,29-13-7-3-8-14-29)30-15-9-4-10-16-30;1-34-21-23(20-32-34)22-17-18-28-27(19-22)29(31)33-35(28)30(24-11-5-2-6-12-24,25-13-7-3-8-14-25)26-15-9-4-10-16-26;1-10(2)11(3,4)16-12(15-10)8-5-6-14-9(13)7-8/h2-24H,1H3;2-21H,1H3;5-7H,1-4H3. The Balaban J connectivity index is 0.000000137. The molecule has 1 aliphatic heterocycles. The quantitative estimate of drug-likeness (QED) is 0.0514. The molecule has 0 radical (unpaired) electrons. The van der Waals surface area contributed by atoms with Crippen LogP contribution in [0.5, 0.6) is 0 Å². The van der Waals surface area contributed by atoms with Crippen LogP contribution in [0.2, 0.25) is 10.3 Å². The minimum absolute atomic E-state index is 0.326. The van der Waals surface area contributed by atoms with E-state index >= 15 is 0 Å². The van der Waals surface area contributed by atoms with Gasteiger partial charge in [-0.05, 0) is 149 Å². The summed E-state index contributed by atoms with van der Waals surface area (Å²) in [6.07, 6.45) is 11.2. The van der Waals surface area contributed by atoms with E-state index in [0.717, 1.165) is 97.9 Å².